The number of aromatic amines is 2. The molecule has 0 amide bonds. The quantitative estimate of drug-likeness (QED) is 0.468. The molecule has 0 aromatic carbocycles. The van der Waals surface area contributed by atoms with E-state index in [1.54, 1.807) is 0 Å². The van der Waals surface area contributed by atoms with Gasteiger partial charge in [-0.1, -0.05) is 10.2 Å². The van der Waals surface area contributed by atoms with Crippen LogP contribution in [0.15, 0.2) is 0 Å². The predicted octanol–water partition coefficient (Wildman–Crippen LogP) is -1.08. The number of rotatable bonds is 2. The minimum absolute atomic E-state index is 0.251. The Morgan fingerprint density at radius 3 is 1.62 bits per heavy atom. The van der Waals surface area contributed by atoms with Crippen molar-refractivity contribution in [3.05, 3.63) is 11.6 Å². The van der Waals surface area contributed by atoms with E-state index in [1.165, 1.54) is 0 Å². The summed E-state index contributed by atoms with van der Waals surface area (Å²) in [7, 11) is 0. The summed E-state index contributed by atoms with van der Waals surface area (Å²) in [5, 5.41) is 31.5. The molecule has 13 heavy (non-hydrogen) atoms. The first kappa shape index (κ1) is 7.53. The second-order valence-corrected chi connectivity index (χ2v) is 2.37. The van der Waals surface area contributed by atoms with Crippen LogP contribution in [0.4, 0.5) is 0 Å². The van der Waals surface area contributed by atoms with Crippen LogP contribution in [0.25, 0.3) is 0 Å². The van der Waals surface area contributed by atoms with Crippen molar-refractivity contribution in [2.75, 3.05) is 0 Å². The lowest BCUT2D eigenvalue weighted by Crippen LogP contribution is -1.93. The minimum atomic E-state index is -0.251. The molecule has 4 N–H and O–H groups in total. The minimum Gasteiger partial charge on any atom is -0.479 e. The molecule has 0 aliphatic rings. The molecule has 2 heterocycles. The maximum Gasteiger partial charge on any atom is 0.311 e. The molecule has 0 atom stereocenters. The summed E-state index contributed by atoms with van der Waals surface area (Å²) in [5.41, 5.74) is 0. The van der Waals surface area contributed by atoms with Crippen LogP contribution >= 0.6 is 0 Å². The highest BCUT2D eigenvalue weighted by atomic mass is 16.3. The van der Waals surface area contributed by atoms with Gasteiger partial charge in [0.25, 0.3) is 0 Å². The Labute approximate surface area is 71.7 Å². The molecule has 2 rings (SSSR count). The van der Waals surface area contributed by atoms with Crippen molar-refractivity contribution in [2.45, 2.75) is 6.42 Å². The number of hydrogen-bond acceptors (Lipinski definition) is 6. The number of nitrogens with zero attached hydrogens (tertiary/aromatic N) is 4. The second-order valence-electron chi connectivity index (χ2n) is 2.37. The van der Waals surface area contributed by atoms with E-state index in [-0.39, 0.29) is 12.0 Å². The summed E-state index contributed by atoms with van der Waals surface area (Å²) in [6, 6.07) is -0.502. The van der Waals surface area contributed by atoms with Crippen molar-refractivity contribution >= 4 is 0 Å². The molecule has 0 spiro atoms. The van der Waals surface area contributed by atoms with Gasteiger partial charge in [-0.3, -0.25) is 9.97 Å². The van der Waals surface area contributed by atoms with Gasteiger partial charge in [0.15, 0.2) is 0 Å². The van der Waals surface area contributed by atoms with Gasteiger partial charge in [-0.05, 0) is 0 Å². The molecule has 2 aromatic rings. The van der Waals surface area contributed by atoms with Crippen LogP contribution in [0.3, 0.4) is 0 Å². The fourth-order valence-corrected chi connectivity index (χ4v) is 0.891. The topological polar surface area (TPSA) is 124 Å². The molecule has 0 bridgehead atoms. The third-order valence-electron chi connectivity index (χ3n) is 1.38. The monoisotopic (exact) mass is 182 g/mol. The van der Waals surface area contributed by atoms with Gasteiger partial charge in [-0.2, -0.15) is 0 Å². The second kappa shape index (κ2) is 2.73. The van der Waals surface area contributed by atoms with Gasteiger partial charge >= 0.3 is 12.0 Å². The average Bonchev–Trinajstić information content (AvgIpc) is 2.62. The lowest BCUT2D eigenvalue weighted by atomic mass is 10.4. The zero-order valence-corrected chi connectivity index (χ0v) is 6.39. The zero-order chi connectivity index (χ0) is 9.26. The number of aromatic nitrogens is 6. The van der Waals surface area contributed by atoms with Crippen molar-refractivity contribution in [1.82, 2.24) is 30.4 Å². The summed E-state index contributed by atoms with van der Waals surface area (Å²) in [5.74, 6) is 0.877. The van der Waals surface area contributed by atoms with Crippen molar-refractivity contribution in [3.63, 3.8) is 0 Å². The van der Waals surface area contributed by atoms with Gasteiger partial charge < -0.3 is 10.2 Å². The van der Waals surface area contributed by atoms with Gasteiger partial charge in [0.2, 0.25) is 0 Å². The van der Waals surface area contributed by atoms with Crippen molar-refractivity contribution in [2.24, 2.45) is 0 Å². The van der Waals surface area contributed by atoms with Crippen LogP contribution < -0.4 is 0 Å². The predicted molar refractivity (Wildman–Crippen MR) is 38.9 cm³/mol. The molecule has 0 unspecified atom stereocenters. The van der Waals surface area contributed by atoms with Crippen LogP contribution in [0, 0.1) is 0 Å². The first-order valence-corrected chi connectivity index (χ1v) is 3.45. The zero-order valence-electron chi connectivity index (χ0n) is 6.39. The summed E-state index contributed by atoms with van der Waals surface area (Å²) < 4.78 is 0. The first-order valence-electron chi connectivity index (χ1n) is 3.45. The lowest BCUT2D eigenvalue weighted by Gasteiger charge is -1.87. The van der Waals surface area contributed by atoms with Crippen LogP contribution in [0.5, 0.6) is 12.0 Å². The van der Waals surface area contributed by atoms with Crippen molar-refractivity contribution < 1.29 is 10.2 Å². The molecule has 0 saturated heterocycles. The Bertz CT molecular complexity index is 368. The third-order valence-corrected chi connectivity index (χ3v) is 1.38. The van der Waals surface area contributed by atoms with Gasteiger partial charge in [0.05, 0.1) is 6.42 Å². The molecule has 2 aromatic heterocycles. The fourth-order valence-electron chi connectivity index (χ4n) is 0.891. The summed E-state index contributed by atoms with van der Waals surface area (Å²) in [6.07, 6.45) is 0.293. The van der Waals surface area contributed by atoms with E-state index >= 15 is 0 Å². The average molecular weight is 182 g/mol. The molecule has 0 radical (unpaired) electrons. The highest BCUT2D eigenvalue weighted by Crippen LogP contribution is 2.04. The Balaban J connectivity index is 2.14. The lowest BCUT2D eigenvalue weighted by molar-refractivity contribution is 0.432. The largest absolute Gasteiger partial charge is 0.479 e. The molecule has 68 valence electrons. The van der Waals surface area contributed by atoms with E-state index in [0.29, 0.717) is 18.1 Å². The van der Waals surface area contributed by atoms with Crippen LogP contribution in [-0.2, 0) is 6.42 Å². The van der Waals surface area contributed by atoms with Gasteiger partial charge in [-0.15, -0.1) is 10.2 Å². The summed E-state index contributed by atoms with van der Waals surface area (Å²) in [6.45, 7) is 0. The van der Waals surface area contributed by atoms with Gasteiger partial charge in [0, 0.05) is 0 Å². The molecule has 0 aliphatic carbocycles. The van der Waals surface area contributed by atoms with Gasteiger partial charge in [-0.25, -0.2) is 0 Å². The number of nitrogens with one attached hydrogen (secondary N) is 2. The smallest absolute Gasteiger partial charge is 0.311 e. The van der Waals surface area contributed by atoms with E-state index in [0.717, 1.165) is 0 Å². The summed E-state index contributed by atoms with van der Waals surface area (Å²) in [4.78, 5) is 5.00. The van der Waals surface area contributed by atoms with Crippen LogP contribution in [-0.4, -0.2) is 40.6 Å². The Hall–Kier alpha value is -2.12. The Morgan fingerprint density at radius 1 is 0.846 bits per heavy atom. The highest BCUT2D eigenvalue weighted by Gasteiger charge is 2.06. The normalized spacial score (nSPS) is 10.5. The number of hydrogen-bond donors (Lipinski definition) is 4. The van der Waals surface area contributed by atoms with Gasteiger partial charge in [0.1, 0.15) is 11.6 Å². The standard InChI is InChI=1S/C5H6N6O2/c12-4-6-2(8-10-4)1-3-7-5(13)11-9-3/h1H2,(H2,6,8,10,12)(H2,7,9,11,13). The Morgan fingerprint density at radius 2 is 1.31 bits per heavy atom. The Kier molecular flexibility index (Phi) is 1.58. The van der Waals surface area contributed by atoms with E-state index in [4.69, 9.17) is 10.2 Å². The van der Waals surface area contributed by atoms with Crippen LogP contribution in [0.1, 0.15) is 11.6 Å². The number of aromatic hydroxyl groups is 2. The van der Waals surface area contributed by atoms with Crippen molar-refractivity contribution in [1.29, 1.82) is 0 Å². The summed E-state index contributed by atoms with van der Waals surface area (Å²) >= 11 is 0. The maximum absolute atomic E-state index is 8.81. The molecule has 8 heteroatoms. The molecule has 8 nitrogen and oxygen atoms in total. The molecule has 0 saturated carbocycles. The maximum atomic E-state index is 8.81. The van der Waals surface area contributed by atoms with E-state index in [9.17, 15) is 0 Å². The molecular weight excluding hydrogens is 176 g/mol. The molecular formula is C5H6N6O2. The SMILES string of the molecule is Oc1nnc(Cc2nnc(O)[nH]2)[nH]1. The molecule has 0 fully saturated rings. The van der Waals surface area contributed by atoms with E-state index < -0.39 is 0 Å². The van der Waals surface area contributed by atoms with E-state index in [1.807, 2.05) is 0 Å². The highest BCUT2D eigenvalue weighted by molar-refractivity contribution is 5.03. The van der Waals surface area contributed by atoms with Crippen LogP contribution in [0.2, 0.25) is 0 Å². The number of H-pyrrole nitrogens is 2. The van der Waals surface area contributed by atoms with E-state index in [2.05, 4.69) is 30.4 Å². The molecule has 0 aliphatic heterocycles. The van der Waals surface area contributed by atoms with Crippen molar-refractivity contribution in [3.8, 4) is 12.0 Å². The first-order chi connectivity index (χ1) is 6.24. The third kappa shape index (κ3) is 1.55. The fraction of sp³-hybridized carbons (Fsp3) is 0.200.